The summed E-state index contributed by atoms with van der Waals surface area (Å²) in [5.74, 6) is 0.483. The number of aromatic nitrogens is 2. The van der Waals surface area contributed by atoms with E-state index in [0.29, 0.717) is 24.5 Å². The minimum absolute atomic E-state index is 0.0956. The fraction of sp³-hybridized carbons (Fsp3) is 0.267. The molecular weight excluding hydrogens is 354 g/mol. The molecule has 0 unspecified atom stereocenters. The van der Waals surface area contributed by atoms with E-state index in [1.165, 1.54) is 17.0 Å². The molecule has 1 fully saturated rings. The molecule has 0 spiro atoms. The van der Waals surface area contributed by atoms with E-state index in [4.69, 9.17) is 16.7 Å². The van der Waals surface area contributed by atoms with Crippen molar-refractivity contribution in [1.82, 2.24) is 14.9 Å². The van der Waals surface area contributed by atoms with Gasteiger partial charge >= 0.3 is 6.09 Å². The third-order valence-electron chi connectivity index (χ3n) is 3.90. The number of amides is 1. The van der Waals surface area contributed by atoms with Gasteiger partial charge in [0.15, 0.2) is 15.7 Å². The predicted molar refractivity (Wildman–Crippen MR) is 87.9 cm³/mol. The summed E-state index contributed by atoms with van der Waals surface area (Å²) in [6, 6.07) is 4.41. The fourth-order valence-electron chi connectivity index (χ4n) is 2.44. The lowest BCUT2D eigenvalue weighted by Crippen LogP contribution is -2.47. The van der Waals surface area contributed by atoms with Crippen LogP contribution < -0.4 is 0 Å². The van der Waals surface area contributed by atoms with Crippen molar-refractivity contribution >= 4 is 27.5 Å². The van der Waals surface area contributed by atoms with E-state index < -0.39 is 15.9 Å². The molecule has 9 heteroatoms. The molecule has 1 amide bonds. The number of halogens is 1. The zero-order valence-electron chi connectivity index (χ0n) is 12.7. The van der Waals surface area contributed by atoms with E-state index in [0.717, 1.165) is 11.8 Å². The minimum Gasteiger partial charge on any atom is -0.465 e. The molecule has 1 saturated heterocycles. The topological polar surface area (TPSA) is 100 Å². The van der Waals surface area contributed by atoms with Gasteiger partial charge in [-0.1, -0.05) is 11.6 Å². The molecule has 0 aliphatic carbocycles. The van der Waals surface area contributed by atoms with Crippen LogP contribution in [-0.2, 0) is 9.84 Å². The first-order valence-corrected chi connectivity index (χ1v) is 9.32. The van der Waals surface area contributed by atoms with E-state index in [1.54, 1.807) is 18.5 Å². The van der Waals surface area contributed by atoms with Crippen LogP contribution in [0.5, 0.6) is 0 Å². The molecular formula is C15H14ClN3O4S. The molecule has 1 N–H and O–H groups in total. The Hall–Kier alpha value is -2.19. The van der Waals surface area contributed by atoms with Gasteiger partial charge in [-0.3, -0.25) is 0 Å². The van der Waals surface area contributed by atoms with Gasteiger partial charge in [0.25, 0.3) is 0 Å². The van der Waals surface area contributed by atoms with Crippen molar-refractivity contribution in [2.75, 3.05) is 19.3 Å². The Balaban J connectivity index is 1.80. The maximum absolute atomic E-state index is 11.5. The minimum atomic E-state index is -3.33. The molecule has 3 rings (SSSR count). The summed E-state index contributed by atoms with van der Waals surface area (Å²) >= 11 is 6.15. The Labute approximate surface area is 143 Å². The summed E-state index contributed by atoms with van der Waals surface area (Å²) in [6.45, 7) is 0.865. The second-order valence-electron chi connectivity index (χ2n) is 5.64. The van der Waals surface area contributed by atoms with Crippen molar-refractivity contribution in [1.29, 1.82) is 0 Å². The van der Waals surface area contributed by atoms with Gasteiger partial charge in [-0.15, -0.1) is 0 Å². The van der Waals surface area contributed by atoms with E-state index in [-0.39, 0.29) is 15.8 Å². The van der Waals surface area contributed by atoms with Crippen LogP contribution in [0.2, 0.25) is 5.02 Å². The quantitative estimate of drug-likeness (QED) is 0.893. The second kappa shape index (κ2) is 6.03. The summed E-state index contributed by atoms with van der Waals surface area (Å²) in [4.78, 5) is 20.8. The molecule has 1 aromatic carbocycles. The Kier molecular flexibility index (Phi) is 4.18. The molecule has 0 atom stereocenters. The number of carbonyl (C=O) groups is 1. The number of hydrogen-bond donors (Lipinski definition) is 1. The van der Waals surface area contributed by atoms with Gasteiger partial charge in [0.05, 0.1) is 9.92 Å². The van der Waals surface area contributed by atoms with Crippen molar-refractivity contribution in [3.63, 3.8) is 0 Å². The van der Waals surface area contributed by atoms with Gasteiger partial charge < -0.3 is 10.0 Å². The van der Waals surface area contributed by atoms with Crippen molar-refractivity contribution in [2.24, 2.45) is 0 Å². The predicted octanol–water partition coefficient (Wildman–Crippen LogP) is 2.28. The van der Waals surface area contributed by atoms with E-state index in [1.807, 2.05) is 0 Å². The van der Waals surface area contributed by atoms with Crippen LogP contribution in [0, 0.1) is 0 Å². The molecule has 1 aromatic heterocycles. The molecule has 0 bridgehead atoms. The van der Waals surface area contributed by atoms with Crippen molar-refractivity contribution in [3.05, 3.63) is 41.2 Å². The average Bonchev–Trinajstić information content (AvgIpc) is 2.45. The van der Waals surface area contributed by atoms with E-state index >= 15 is 0 Å². The van der Waals surface area contributed by atoms with Gasteiger partial charge in [0, 0.05) is 43.2 Å². The van der Waals surface area contributed by atoms with Crippen molar-refractivity contribution < 1.29 is 18.3 Å². The van der Waals surface area contributed by atoms with E-state index in [2.05, 4.69) is 9.97 Å². The van der Waals surface area contributed by atoms with Crippen LogP contribution in [-0.4, -0.2) is 53.8 Å². The smallest absolute Gasteiger partial charge is 0.407 e. The Morgan fingerprint density at radius 3 is 2.42 bits per heavy atom. The lowest BCUT2D eigenvalue weighted by Gasteiger charge is -2.36. The second-order valence-corrected chi connectivity index (χ2v) is 8.06. The van der Waals surface area contributed by atoms with Crippen LogP contribution in [0.4, 0.5) is 4.79 Å². The molecule has 1 aliphatic heterocycles. The van der Waals surface area contributed by atoms with Gasteiger partial charge in [0.1, 0.15) is 0 Å². The Bertz CT molecular complexity index is 893. The number of carboxylic acid groups (broad SMARTS) is 1. The summed E-state index contributed by atoms with van der Waals surface area (Å²) < 4.78 is 23.1. The monoisotopic (exact) mass is 367 g/mol. The standard InChI is InChI=1S/C15H14ClN3O4S/c1-24(22,23)11-2-3-12(13(16)4-11)14-17-5-9(6-18-14)10-7-19(8-10)15(20)21/h2-6,10H,7-8H2,1H3,(H,20,21). The average molecular weight is 368 g/mol. The molecule has 7 nitrogen and oxygen atoms in total. The third-order valence-corrected chi connectivity index (χ3v) is 5.33. The van der Waals surface area contributed by atoms with E-state index in [9.17, 15) is 13.2 Å². The van der Waals surface area contributed by atoms with Crippen LogP contribution in [0.3, 0.4) is 0 Å². The van der Waals surface area contributed by atoms with Crippen molar-refractivity contribution in [2.45, 2.75) is 10.8 Å². The number of rotatable bonds is 3. The van der Waals surface area contributed by atoms with Gasteiger partial charge in [-0.2, -0.15) is 0 Å². The van der Waals surface area contributed by atoms with Crippen molar-refractivity contribution in [3.8, 4) is 11.4 Å². The van der Waals surface area contributed by atoms with Crippen LogP contribution in [0.15, 0.2) is 35.5 Å². The molecule has 2 aromatic rings. The molecule has 0 radical (unpaired) electrons. The van der Waals surface area contributed by atoms with Crippen LogP contribution >= 0.6 is 11.6 Å². The number of sulfone groups is 1. The fourth-order valence-corrected chi connectivity index (χ4v) is 3.42. The normalized spacial score (nSPS) is 15.2. The highest BCUT2D eigenvalue weighted by Crippen LogP contribution is 2.30. The zero-order chi connectivity index (χ0) is 17.5. The molecule has 0 saturated carbocycles. The Morgan fingerprint density at radius 1 is 1.29 bits per heavy atom. The van der Waals surface area contributed by atoms with Gasteiger partial charge in [-0.05, 0) is 23.8 Å². The molecule has 2 heterocycles. The summed E-state index contributed by atoms with van der Waals surface area (Å²) in [7, 11) is -3.33. The number of nitrogens with zero attached hydrogens (tertiary/aromatic N) is 3. The Morgan fingerprint density at radius 2 is 1.92 bits per heavy atom. The highest BCUT2D eigenvalue weighted by atomic mass is 35.5. The molecule has 1 aliphatic rings. The summed E-state index contributed by atoms with van der Waals surface area (Å²) in [5.41, 5.74) is 1.40. The lowest BCUT2D eigenvalue weighted by molar-refractivity contribution is 0.105. The third kappa shape index (κ3) is 3.20. The number of hydrogen-bond acceptors (Lipinski definition) is 5. The first-order chi connectivity index (χ1) is 11.3. The molecule has 126 valence electrons. The molecule has 24 heavy (non-hydrogen) atoms. The van der Waals surface area contributed by atoms with Gasteiger partial charge in [0.2, 0.25) is 0 Å². The lowest BCUT2D eigenvalue weighted by atomic mass is 9.94. The highest BCUT2D eigenvalue weighted by molar-refractivity contribution is 7.90. The van der Waals surface area contributed by atoms with Crippen LogP contribution in [0.25, 0.3) is 11.4 Å². The van der Waals surface area contributed by atoms with Gasteiger partial charge in [-0.25, -0.2) is 23.2 Å². The number of likely N-dealkylation sites (tertiary alicyclic amines) is 1. The zero-order valence-corrected chi connectivity index (χ0v) is 14.3. The summed E-state index contributed by atoms with van der Waals surface area (Å²) in [6.07, 6.45) is 3.48. The first-order valence-electron chi connectivity index (χ1n) is 7.05. The highest BCUT2D eigenvalue weighted by Gasteiger charge is 2.32. The maximum atomic E-state index is 11.5. The number of benzene rings is 1. The SMILES string of the molecule is CS(=O)(=O)c1ccc(-c2ncc(C3CN(C(=O)O)C3)cn2)c(Cl)c1. The largest absolute Gasteiger partial charge is 0.465 e. The summed E-state index contributed by atoms with van der Waals surface area (Å²) in [5, 5.41) is 9.09. The maximum Gasteiger partial charge on any atom is 0.407 e. The first kappa shape index (κ1) is 16.7. The van der Waals surface area contributed by atoms with Crippen LogP contribution in [0.1, 0.15) is 11.5 Å².